The van der Waals surface area contributed by atoms with Gasteiger partial charge in [-0.05, 0) is 24.6 Å². The second kappa shape index (κ2) is 8.10. The van der Waals surface area contributed by atoms with Crippen LogP contribution >= 0.6 is 11.6 Å². The molecule has 7 nitrogen and oxygen atoms in total. The van der Waals surface area contributed by atoms with Crippen LogP contribution < -0.4 is 0 Å². The maximum absolute atomic E-state index is 13.7. The summed E-state index contributed by atoms with van der Waals surface area (Å²) in [6.45, 7) is 4.71. The summed E-state index contributed by atoms with van der Waals surface area (Å²) in [7, 11) is -3.85. The number of carbonyl (C=O) groups excluding carboxylic acids is 1. The van der Waals surface area contributed by atoms with Gasteiger partial charge in [-0.1, -0.05) is 36.4 Å². The normalized spacial score (nSPS) is 15.3. The van der Waals surface area contributed by atoms with E-state index in [4.69, 9.17) is 11.6 Å². The van der Waals surface area contributed by atoms with Crippen LogP contribution in [0.1, 0.15) is 29.7 Å². The second-order valence-corrected chi connectivity index (χ2v) is 8.62. The van der Waals surface area contributed by atoms with Gasteiger partial charge < -0.3 is 10.0 Å². The summed E-state index contributed by atoms with van der Waals surface area (Å²) in [4.78, 5) is 14.3. The van der Waals surface area contributed by atoms with E-state index >= 15 is 0 Å². The molecule has 1 aliphatic heterocycles. The molecule has 0 bridgehead atoms. The number of halogens is 2. The number of allylic oxidation sites excluding steroid dienone is 2. The molecule has 3 rings (SSSR count). The van der Waals surface area contributed by atoms with Gasteiger partial charge in [0.1, 0.15) is 5.82 Å². The number of nitrogens with zero attached hydrogens (tertiary/aromatic N) is 3. The van der Waals surface area contributed by atoms with Crippen LogP contribution in [-0.2, 0) is 27.9 Å². The molecule has 0 saturated carbocycles. The number of hydrogen-bond donors (Lipinski definition) is 1. The first kappa shape index (κ1) is 21.2. The number of carbonyl (C=O) groups is 1. The molecular weight excluding hydrogens is 421 g/mol. The van der Waals surface area contributed by atoms with Gasteiger partial charge in [0.15, 0.2) is 0 Å². The summed E-state index contributed by atoms with van der Waals surface area (Å²) >= 11 is 5.96. The SMILES string of the molecule is C=C/C(=C\C)S(=O)(=O)n1cc2c(n1)CN(C(=O)[C@@H](CO)c1cccc(F)c1Cl)C2. The molecule has 0 fully saturated rings. The van der Waals surface area contributed by atoms with E-state index in [9.17, 15) is 22.7 Å². The molecule has 2 heterocycles. The standard InChI is InChI=1S/C19H19ClFN3O4S/c1-3-13(4-2)29(27,28)24-9-12-8-23(10-17(12)22-24)19(26)15(11-25)14-6-5-7-16(21)18(14)20/h3-7,9,15,25H,1,8,10-11H2,2H3/b13-4+/t15-/m0/s1. The van der Waals surface area contributed by atoms with Crippen molar-refractivity contribution in [3.63, 3.8) is 0 Å². The van der Waals surface area contributed by atoms with Crippen LogP contribution in [0.2, 0.25) is 5.02 Å². The Balaban J connectivity index is 1.84. The maximum atomic E-state index is 13.7. The van der Waals surface area contributed by atoms with Crippen molar-refractivity contribution < 1.29 is 22.7 Å². The number of amides is 1. The van der Waals surface area contributed by atoms with Gasteiger partial charge in [0.25, 0.3) is 10.0 Å². The lowest BCUT2D eigenvalue weighted by Crippen LogP contribution is -2.33. The van der Waals surface area contributed by atoms with E-state index in [0.29, 0.717) is 11.3 Å². The predicted octanol–water partition coefficient (Wildman–Crippen LogP) is 2.56. The Morgan fingerprint density at radius 1 is 1.45 bits per heavy atom. The van der Waals surface area contributed by atoms with Gasteiger partial charge in [0.05, 0.1) is 34.7 Å². The number of benzene rings is 1. The van der Waals surface area contributed by atoms with Crippen LogP contribution in [0, 0.1) is 5.82 Å². The molecule has 0 saturated heterocycles. The molecular formula is C19H19ClFN3O4S. The van der Waals surface area contributed by atoms with Crippen molar-refractivity contribution in [2.45, 2.75) is 25.9 Å². The fourth-order valence-corrected chi connectivity index (χ4v) is 4.66. The third-order valence-corrected chi connectivity index (χ3v) is 6.81. The molecule has 0 unspecified atom stereocenters. The zero-order valence-electron chi connectivity index (χ0n) is 15.5. The highest BCUT2D eigenvalue weighted by molar-refractivity contribution is 7.93. The maximum Gasteiger partial charge on any atom is 0.282 e. The summed E-state index contributed by atoms with van der Waals surface area (Å²) in [5, 5.41) is 13.6. The van der Waals surface area contributed by atoms with Crippen molar-refractivity contribution >= 4 is 27.5 Å². The lowest BCUT2D eigenvalue weighted by molar-refractivity contribution is -0.134. The zero-order chi connectivity index (χ0) is 21.3. The fraction of sp³-hybridized carbons (Fsp3) is 0.263. The van der Waals surface area contributed by atoms with Crippen LogP contribution in [0.15, 0.2) is 48.0 Å². The first-order valence-corrected chi connectivity index (χ1v) is 10.5. The van der Waals surface area contributed by atoms with E-state index in [1.54, 1.807) is 6.92 Å². The molecule has 1 aliphatic rings. The third kappa shape index (κ3) is 3.73. The summed E-state index contributed by atoms with van der Waals surface area (Å²) in [6.07, 6.45) is 4.00. The number of aliphatic hydroxyl groups is 1. The molecule has 0 spiro atoms. The Hall–Kier alpha value is -2.49. The van der Waals surface area contributed by atoms with Gasteiger partial charge >= 0.3 is 0 Å². The molecule has 29 heavy (non-hydrogen) atoms. The first-order chi connectivity index (χ1) is 13.7. The van der Waals surface area contributed by atoms with E-state index in [2.05, 4.69) is 11.7 Å². The molecule has 154 valence electrons. The van der Waals surface area contributed by atoms with Gasteiger partial charge in [0, 0.05) is 18.3 Å². The minimum Gasteiger partial charge on any atom is -0.395 e. The van der Waals surface area contributed by atoms with Crippen molar-refractivity contribution in [1.82, 2.24) is 14.1 Å². The van der Waals surface area contributed by atoms with Gasteiger partial charge in [-0.15, -0.1) is 0 Å². The van der Waals surface area contributed by atoms with Crippen molar-refractivity contribution in [3.05, 3.63) is 75.7 Å². The van der Waals surface area contributed by atoms with Crippen molar-refractivity contribution in [2.24, 2.45) is 0 Å². The lowest BCUT2D eigenvalue weighted by atomic mass is 9.98. The molecule has 0 aliphatic carbocycles. The number of aliphatic hydroxyl groups excluding tert-OH is 1. The summed E-state index contributed by atoms with van der Waals surface area (Å²) in [5.74, 6) is -2.16. The average Bonchev–Trinajstić information content (AvgIpc) is 3.26. The van der Waals surface area contributed by atoms with Crippen molar-refractivity contribution in [2.75, 3.05) is 6.61 Å². The molecule has 1 N–H and O–H groups in total. The minimum absolute atomic E-state index is 0.0210. The molecule has 1 aromatic carbocycles. The molecule has 10 heteroatoms. The van der Waals surface area contributed by atoms with Crippen LogP contribution in [0.4, 0.5) is 4.39 Å². The zero-order valence-corrected chi connectivity index (χ0v) is 17.1. The second-order valence-electron chi connectivity index (χ2n) is 6.45. The van der Waals surface area contributed by atoms with Crippen LogP contribution in [0.3, 0.4) is 0 Å². The number of fused-ring (bicyclic) bond motifs is 1. The number of hydrogen-bond acceptors (Lipinski definition) is 5. The van der Waals surface area contributed by atoms with E-state index < -0.39 is 34.3 Å². The predicted molar refractivity (Wildman–Crippen MR) is 106 cm³/mol. The largest absolute Gasteiger partial charge is 0.395 e. The minimum atomic E-state index is -3.85. The summed E-state index contributed by atoms with van der Waals surface area (Å²) in [6, 6.07) is 4.07. The Kier molecular flexibility index (Phi) is 5.92. The molecule has 2 aromatic rings. The summed E-state index contributed by atoms with van der Waals surface area (Å²) < 4.78 is 39.6. The Morgan fingerprint density at radius 3 is 2.76 bits per heavy atom. The third-order valence-electron chi connectivity index (χ3n) is 4.74. The monoisotopic (exact) mass is 439 g/mol. The molecule has 1 amide bonds. The van der Waals surface area contributed by atoms with Crippen LogP contribution in [0.25, 0.3) is 0 Å². The fourth-order valence-electron chi connectivity index (χ4n) is 3.21. The van der Waals surface area contributed by atoms with Crippen molar-refractivity contribution in [1.29, 1.82) is 0 Å². The Bertz CT molecular complexity index is 1090. The van der Waals surface area contributed by atoms with E-state index in [1.807, 2.05) is 0 Å². The van der Waals surface area contributed by atoms with Gasteiger partial charge in [-0.2, -0.15) is 17.6 Å². The Labute approximate surface area is 172 Å². The molecule has 0 radical (unpaired) electrons. The topological polar surface area (TPSA) is 92.5 Å². The van der Waals surface area contributed by atoms with Gasteiger partial charge in [-0.25, -0.2) is 4.39 Å². The lowest BCUT2D eigenvalue weighted by Gasteiger charge is -2.23. The molecule has 1 atom stereocenters. The first-order valence-electron chi connectivity index (χ1n) is 8.69. The van der Waals surface area contributed by atoms with Crippen LogP contribution in [0.5, 0.6) is 0 Å². The Morgan fingerprint density at radius 2 is 2.17 bits per heavy atom. The van der Waals surface area contributed by atoms with E-state index in [1.165, 1.54) is 41.4 Å². The highest BCUT2D eigenvalue weighted by atomic mass is 35.5. The summed E-state index contributed by atoms with van der Waals surface area (Å²) in [5.41, 5.74) is 1.20. The number of rotatable bonds is 6. The van der Waals surface area contributed by atoms with E-state index in [-0.39, 0.29) is 28.6 Å². The smallest absolute Gasteiger partial charge is 0.282 e. The highest BCUT2D eigenvalue weighted by Gasteiger charge is 2.34. The van der Waals surface area contributed by atoms with Gasteiger partial charge in [-0.3, -0.25) is 4.79 Å². The van der Waals surface area contributed by atoms with Crippen LogP contribution in [-0.4, -0.2) is 40.1 Å². The average molecular weight is 440 g/mol. The molecule has 1 aromatic heterocycles. The van der Waals surface area contributed by atoms with Gasteiger partial charge in [0.2, 0.25) is 5.91 Å². The van der Waals surface area contributed by atoms with Crippen molar-refractivity contribution in [3.8, 4) is 0 Å². The number of aromatic nitrogens is 2. The highest BCUT2D eigenvalue weighted by Crippen LogP contribution is 2.31. The van der Waals surface area contributed by atoms with E-state index in [0.717, 1.165) is 4.09 Å². The quantitative estimate of drug-likeness (QED) is 0.698.